The third kappa shape index (κ3) is 4.66. The Morgan fingerprint density at radius 1 is 0.347 bits per heavy atom. The Balaban J connectivity index is 1.17. The molecule has 3 heteroatoms. The van der Waals surface area contributed by atoms with Crippen LogP contribution in [0.1, 0.15) is 0 Å². The molecule has 8 aromatic carbocycles. The average molecular weight is 660 g/mol. The first kappa shape index (κ1) is 28.3. The SMILES string of the molecule is c1ccc(-c2ccc(N(c3ccc(-c4cccc5sc6ccccc6c45)cc3)c3cccc4ccc5c6ccccc6sc5c34)cc2)cc1. The lowest BCUT2D eigenvalue weighted by Crippen LogP contribution is -2.10. The van der Waals surface area contributed by atoms with Crippen molar-refractivity contribution >= 4 is 90.9 Å². The summed E-state index contributed by atoms with van der Waals surface area (Å²) in [5.41, 5.74) is 8.37. The van der Waals surface area contributed by atoms with Crippen molar-refractivity contribution in [1.82, 2.24) is 0 Å². The highest BCUT2D eigenvalue weighted by molar-refractivity contribution is 7.27. The largest absolute Gasteiger partial charge is 0.310 e. The Kier molecular flexibility index (Phi) is 6.61. The predicted octanol–water partition coefficient (Wildman–Crippen LogP) is 14.4. The maximum absolute atomic E-state index is 2.44. The molecule has 0 amide bonds. The van der Waals surface area contributed by atoms with Crippen molar-refractivity contribution in [2.75, 3.05) is 4.90 Å². The minimum absolute atomic E-state index is 1.13. The van der Waals surface area contributed by atoms with E-state index in [1.807, 2.05) is 22.7 Å². The first-order chi connectivity index (χ1) is 24.3. The molecule has 0 aliphatic carbocycles. The van der Waals surface area contributed by atoms with E-state index >= 15 is 0 Å². The van der Waals surface area contributed by atoms with Gasteiger partial charge in [-0.05, 0) is 76.2 Å². The Hall–Kier alpha value is -5.74. The molecule has 0 bridgehead atoms. The third-order valence-corrected chi connectivity index (χ3v) is 12.0. The van der Waals surface area contributed by atoms with Crippen molar-refractivity contribution in [1.29, 1.82) is 0 Å². The van der Waals surface area contributed by atoms with Crippen LogP contribution in [-0.4, -0.2) is 0 Å². The van der Waals surface area contributed by atoms with Crippen molar-refractivity contribution < 1.29 is 0 Å². The minimum atomic E-state index is 1.13. The molecular formula is C46H29NS2. The molecule has 0 saturated heterocycles. The highest BCUT2D eigenvalue weighted by Crippen LogP contribution is 2.46. The minimum Gasteiger partial charge on any atom is -0.310 e. The summed E-state index contributed by atoms with van der Waals surface area (Å²) < 4.78 is 5.30. The van der Waals surface area contributed by atoms with E-state index in [-0.39, 0.29) is 0 Å². The van der Waals surface area contributed by atoms with Gasteiger partial charge in [0.1, 0.15) is 0 Å². The summed E-state index contributed by atoms with van der Waals surface area (Å²) in [7, 11) is 0. The number of nitrogens with zero attached hydrogens (tertiary/aromatic N) is 1. The molecule has 2 heterocycles. The van der Waals surface area contributed by atoms with Gasteiger partial charge < -0.3 is 4.90 Å². The molecule has 0 saturated carbocycles. The Bertz CT molecular complexity index is 2810. The van der Waals surface area contributed by atoms with E-state index in [1.54, 1.807) is 0 Å². The van der Waals surface area contributed by atoms with Gasteiger partial charge in [-0.25, -0.2) is 0 Å². The molecule has 49 heavy (non-hydrogen) atoms. The van der Waals surface area contributed by atoms with Gasteiger partial charge in [0, 0.05) is 57.1 Å². The summed E-state index contributed by atoms with van der Waals surface area (Å²) >= 11 is 3.76. The van der Waals surface area contributed by atoms with E-state index in [0.717, 1.165) is 11.4 Å². The Morgan fingerprint density at radius 2 is 0.959 bits per heavy atom. The average Bonchev–Trinajstić information content (AvgIpc) is 3.75. The first-order valence-electron chi connectivity index (χ1n) is 16.6. The van der Waals surface area contributed by atoms with Crippen LogP contribution in [0.2, 0.25) is 0 Å². The van der Waals surface area contributed by atoms with E-state index in [9.17, 15) is 0 Å². The molecule has 1 nitrogen and oxygen atoms in total. The summed E-state index contributed by atoms with van der Waals surface area (Å²) in [5, 5.41) is 7.82. The maximum Gasteiger partial charge on any atom is 0.0554 e. The van der Waals surface area contributed by atoms with Crippen LogP contribution in [0.25, 0.3) is 73.4 Å². The quantitative estimate of drug-likeness (QED) is 0.178. The summed E-state index contributed by atoms with van der Waals surface area (Å²) in [5.74, 6) is 0. The number of benzene rings is 8. The number of fused-ring (bicyclic) bond motifs is 8. The van der Waals surface area contributed by atoms with Gasteiger partial charge in [0.2, 0.25) is 0 Å². The Labute approximate surface area is 292 Å². The van der Waals surface area contributed by atoms with E-state index < -0.39 is 0 Å². The highest BCUT2D eigenvalue weighted by atomic mass is 32.1. The lowest BCUT2D eigenvalue weighted by molar-refractivity contribution is 1.30. The smallest absolute Gasteiger partial charge is 0.0554 e. The van der Waals surface area contributed by atoms with E-state index in [2.05, 4.69) is 181 Å². The number of hydrogen-bond acceptors (Lipinski definition) is 3. The van der Waals surface area contributed by atoms with E-state index in [4.69, 9.17) is 0 Å². The number of anilines is 3. The van der Waals surface area contributed by atoms with Crippen molar-refractivity contribution in [2.24, 2.45) is 0 Å². The van der Waals surface area contributed by atoms with E-state index in [1.165, 1.54) is 79.1 Å². The van der Waals surface area contributed by atoms with Crippen LogP contribution in [0.3, 0.4) is 0 Å². The Morgan fingerprint density at radius 3 is 1.73 bits per heavy atom. The summed E-state index contributed by atoms with van der Waals surface area (Å²) in [6, 6.07) is 64.3. The van der Waals surface area contributed by atoms with Gasteiger partial charge in [0.05, 0.1) is 5.69 Å². The van der Waals surface area contributed by atoms with Gasteiger partial charge in [-0.1, -0.05) is 127 Å². The standard InChI is InChI=1S/C46H29NS2/c1-2-10-30(11-3-1)31-20-25-34(26-21-31)47(40-16-8-12-33-24-29-38-37-13-4-6-17-41(37)49-46(38)44(33)40)35-27-22-32(23-28-35)36-15-9-19-43-45(36)39-14-5-7-18-42(39)48-43/h1-29H. The third-order valence-electron chi connectivity index (χ3n) is 9.68. The number of rotatable bonds is 5. The first-order valence-corrected chi connectivity index (χ1v) is 18.2. The molecule has 2 aromatic heterocycles. The molecule has 0 N–H and O–H groups in total. The second-order valence-electron chi connectivity index (χ2n) is 12.5. The normalized spacial score (nSPS) is 11.7. The molecule has 0 fully saturated rings. The lowest BCUT2D eigenvalue weighted by atomic mass is 9.98. The second-order valence-corrected chi connectivity index (χ2v) is 14.6. The monoisotopic (exact) mass is 659 g/mol. The van der Waals surface area contributed by atoms with E-state index in [0.29, 0.717) is 0 Å². The molecule has 230 valence electrons. The topological polar surface area (TPSA) is 3.24 Å². The van der Waals surface area contributed by atoms with Crippen LogP contribution in [0.15, 0.2) is 176 Å². The van der Waals surface area contributed by atoms with Crippen molar-refractivity contribution in [3.63, 3.8) is 0 Å². The van der Waals surface area contributed by atoms with Gasteiger partial charge in [-0.15, -0.1) is 22.7 Å². The molecule has 0 aliphatic heterocycles. The zero-order valence-corrected chi connectivity index (χ0v) is 28.1. The van der Waals surface area contributed by atoms with Crippen LogP contribution in [0, 0.1) is 0 Å². The molecule has 0 radical (unpaired) electrons. The molecule has 10 rings (SSSR count). The molecule has 0 atom stereocenters. The second kappa shape index (κ2) is 11.5. The van der Waals surface area contributed by atoms with Crippen molar-refractivity contribution in [3.05, 3.63) is 176 Å². The molecule has 0 unspecified atom stereocenters. The van der Waals surface area contributed by atoms with Crippen LogP contribution in [0.4, 0.5) is 17.1 Å². The number of thiophene rings is 2. The van der Waals surface area contributed by atoms with Gasteiger partial charge in [0.15, 0.2) is 0 Å². The summed E-state index contributed by atoms with van der Waals surface area (Å²) in [6.45, 7) is 0. The lowest BCUT2D eigenvalue weighted by Gasteiger charge is -2.27. The zero-order valence-electron chi connectivity index (χ0n) is 26.5. The summed E-state index contributed by atoms with van der Waals surface area (Å²) in [6.07, 6.45) is 0. The van der Waals surface area contributed by atoms with Gasteiger partial charge in [-0.3, -0.25) is 0 Å². The molecule has 0 spiro atoms. The van der Waals surface area contributed by atoms with Gasteiger partial charge in [-0.2, -0.15) is 0 Å². The zero-order chi connectivity index (χ0) is 32.3. The fourth-order valence-electron chi connectivity index (χ4n) is 7.39. The fraction of sp³-hybridized carbons (Fsp3) is 0. The van der Waals surface area contributed by atoms with Crippen molar-refractivity contribution in [3.8, 4) is 22.3 Å². The molecule has 0 aliphatic rings. The van der Waals surface area contributed by atoms with Crippen LogP contribution < -0.4 is 4.90 Å². The van der Waals surface area contributed by atoms with Crippen LogP contribution in [0.5, 0.6) is 0 Å². The summed E-state index contributed by atoms with van der Waals surface area (Å²) in [4.78, 5) is 2.44. The van der Waals surface area contributed by atoms with Gasteiger partial charge in [0.25, 0.3) is 0 Å². The fourth-order valence-corrected chi connectivity index (χ4v) is 9.78. The predicted molar refractivity (Wildman–Crippen MR) is 215 cm³/mol. The van der Waals surface area contributed by atoms with Gasteiger partial charge >= 0.3 is 0 Å². The molecular weight excluding hydrogens is 631 g/mol. The number of hydrogen-bond donors (Lipinski definition) is 0. The highest BCUT2D eigenvalue weighted by Gasteiger charge is 2.19. The van der Waals surface area contributed by atoms with Crippen molar-refractivity contribution in [2.45, 2.75) is 0 Å². The molecule has 10 aromatic rings. The van der Waals surface area contributed by atoms with Crippen LogP contribution >= 0.6 is 22.7 Å². The van der Waals surface area contributed by atoms with Crippen LogP contribution in [-0.2, 0) is 0 Å². The maximum atomic E-state index is 2.44.